The van der Waals surface area contributed by atoms with Gasteiger partial charge in [0.05, 0.1) is 0 Å². The third-order valence-corrected chi connectivity index (χ3v) is 4.12. The van der Waals surface area contributed by atoms with E-state index in [9.17, 15) is 15.2 Å². The van der Waals surface area contributed by atoms with E-state index in [0.29, 0.717) is 5.69 Å². The average molecular weight is 345 g/mol. The second kappa shape index (κ2) is 7.16. The third-order valence-electron chi connectivity index (χ3n) is 4.12. The number of nitriles is 1. The van der Waals surface area contributed by atoms with Crippen LogP contribution in [-0.4, -0.2) is 15.6 Å². The number of aromatic nitrogens is 1. The van der Waals surface area contributed by atoms with E-state index >= 15 is 0 Å². The molecule has 26 heavy (non-hydrogen) atoms. The molecule has 0 aliphatic heterocycles. The van der Waals surface area contributed by atoms with Crippen molar-refractivity contribution in [3.05, 3.63) is 65.9 Å². The Balaban J connectivity index is 1.96. The summed E-state index contributed by atoms with van der Waals surface area (Å²) in [4.78, 5) is 12.4. The number of carbonyl (C=O) groups is 1. The van der Waals surface area contributed by atoms with Gasteiger partial charge in [-0.2, -0.15) is 5.26 Å². The molecule has 0 unspecified atom stereocenters. The van der Waals surface area contributed by atoms with E-state index in [1.165, 1.54) is 12.1 Å². The molecular formula is C21H19N3O2. The van der Waals surface area contributed by atoms with Crippen molar-refractivity contribution in [1.29, 1.82) is 5.26 Å². The molecule has 5 heteroatoms. The van der Waals surface area contributed by atoms with Crippen molar-refractivity contribution in [3.63, 3.8) is 0 Å². The second-order valence-corrected chi connectivity index (χ2v) is 6.27. The summed E-state index contributed by atoms with van der Waals surface area (Å²) in [6.45, 7) is 4.17. The Morgan fingerprint density at radius 3 is 2.54 bits per heavy atom. The number of nitrogens with one attached hydrogen (secondary N) is 1. The Morgan fingerprint density at radius 2 is 1.88 bits per heavy atom. The minimum atomic E-state index is -0.487. The number of fused-ring (bicyclic) bond motifs is 1. The van der Waals surface area contributed by atoms with Gasteiger partial charge in [0.15, 0.2) is 0 Å². The normalized spacial score (nSPS) is 11.5. The number of anilines is 1. The molecule has 2 N–H and O–H groups in total. The highest BCUT2D eigenvalue weighted by Gasteiger charge is 2.13. The van der Waals surface area contributed by atoms with Gasteiger partial charge in [-0.1, -0.05) is 18.2 Å². The van der Waals surface area contributed by atoms with E-state index < -0.39 is 5.91 Å². The Bertz CT molecular complexity index is 1020. The second-order valence-electron chi connectivity index (χ2n) is 6.27. The van der Waals surface area contributed by atoms with Gasteiger partial charge in [0.2, 0.25) is 0 Å². The van der Waals surface area contributed by atoms with Gasteiger partial charge in [-0.25, -0.2) is 0 Å². The standard InChI is InChI=1S/C21H19N3O2/c1-14(2)24-13-16(19-5-3-4-6-20(19)24)11-15(12-22)21(26)23-17-7-9-18(25)10-8-17/h3-11,13-14,25H,1-2H3,(H,23,26)/b15-11+. The highest BCUT2D eigenvalue weighted by atomic mass is 16.3. The molecule has 0 bridgehead atoms. The first-order valence-corrected chi connectivity index (χ1v) is 8.31. The Hall–Kier alpha value is -3.52. The zero-order valence-corrected chi connectivity index (χ0v) is 14.6. The van der Waals surface area contributed by atoms with Crippen LogP contribution in [0.25, 0.3) is 17.0 Å². The quantitative estimate of drug-likeness (QED) is 0.416. The molecule has 2 aromatic carbocycles. The lowest BCUT2D eigenvalue weighted by Gasteiger charge is -2.08. The van der Waals surface area contributed by atoms with E-state index in [0.717, 1.165) is 16.5 Å². The van der Waals surface area contributed by atoms with Crippen LogP contribution in [0.4, 0.5) is 5.69 Å². The molecule has 0 radical (unpaired) electrons. The average Bonchev–Trinajstić information content (AvgIpc) is 3.00. The number of phenols is 1. The molecule has 0 aliphatic rings. The van der Waals surface area contributed by atoms with Crippen LogP contribution >= 0.6 is 0 Å². The lowest BCUT2D eigenvalue weighted by atomic mass is 10.1. The predicted octanol–water partition coefficient (Wildman–Crippen LogP) is 4.47. The molecule has 5 nitrogen and oxygen atoms in total. The van der Waals surface area contributed by atoms with Crippen molar-refractivity contribution in [1.82, 2.24) is 4.57 Å². The summed E-state index contributed by atoms with van der Waals surface area (Å²) in [5.74, 6) is -0.375. The van der Waals surface area contributed by atoms with Crippen LogP contribution in [0.2, 0.25) is 0 Å². The lowest BCUT2D eigenvalue weighted by Crippen LogP contribution is -2.13. The summed E-state index contributed by atoms with van der Waals surface area (Å²) in [5, 5.41) is 22.4. The molecule has 3 aromatic rings. The van der Waals surface area contributed by atoms with Gasteiger partial charge in [0.1, 0.15) is 17.4 Å². The highest BCUT2D eigenvalue weighted by molar-refractivity contribution is 6.10. The van der Waals surface area contributed by atoms with Gasteiger partial charge in [-0.3, -0.25) is 4.79 Å². The number of benzene rings is 2. The first-order chi connectivity index (χ1) is 12.5. The van der Waals surface area contributed by atoms with E-state index in [-0.39, 0.29) is 17.4 Å². The Morgan fingerprint density at radius 1 is 1.19 bits per heavy atom. The topological polar surface area (TPSA) is 78.0 Å². The maximum absolute atomic E-state index is 12.4. The number of amides is 1. The minimum Gasteiger partial charge on any atom is -0.508 e. The van der Waals surface area contributed by atoms with Crippen molar-refractivity contribution in [3.8, 4) is 11.8 Å². The molecule has 0 saturated heterocycles. The SMILES string of the molecule is CC(C)n1cc(/C=C(\C#N)C(=O)Nc2ccc(O)cc2)c2ccccc21. The van der Waals surface area contributed by atoms with Crippen LogP contribution in [0.3, 0.4) is 0 Å². The molecular weight excluding hydrogens is 326 g/mol. The van der Waals surface area contributed by atoms with Crippen LogP contribution in [0, 0.1) is 11.3 Å². The maximum atomic E-state index is 12.4. The predicted molar refractivity (Wildman–Crippen MR) is 103 cm³/mol. The molecule has 1 aromatic heterocycles. The Kier molecular flexibility index (Phi) is 4.76. The number of rotatable bonds is 4. The van der Waals surface area contributed by atoms with Crippen molar-refractivity contribution in [2.24, 2.45) is 0 Å². The number of phenolic OH excluding ortho intramolecular Hbond substituents is 1. The summed E-state index contributed by atoms with van der Waals surface area (Å²) < 4.78 is 2.12. The molecule has 3 rings (SSSR count). The minimum absolute atomic E-state index is 0.0183. The third kappa shape index (κ3) is 3.45. The van der Waals surface area contributed by atoms with Crippen LogP contribution in [-0.2, 0) is 4.79 Å². The first-order valence-electron chi connectivity index (χ1n) is 8.31. The summed E-state index contributed by atoms with van der Waals surface area (Å²) in [5.41, 5.74) is 2.42. The fourth-order valence-corrected chi connectivity index (χ4v) is 2.82. The fourth-order valence-electron chi connectivity index (χ4n) is 2.82. The zero-order valence-electron chi connectivity index (χ0n) is 14.6. The van der Waals surface area contributed by atoms with Crippen molar-refractivity contribution >= 4 is 28.6 Å². The maximum Gasteiger partial charge on any atom is 0.266 e. The van der Waals surface area contributed by atoms with Gasteiger partial charge in [0, 0.05) is 34.4 Å². The molecule has 0 saturated carbocycles. The number of nitrogens with zero attached hydrogens (tertiary/aromatic N) is 2. The van der Waals surface area contributed by atoms with Gasteiger partial charge in [-0.15, -0.1) is 0 Å². The van der Waals surface area contributed by atoms with E-state index in [2.05, 4.69) is 23.7 Å². The molecule has 0 spiro atoms. The zero-order chi connectivity index (χ0) is 18.7. The van der Waals surface area contributed by atoms with Gasteiger partial charge < -0.3 is 15.0 Å². The van der Waals surface area contributed by atoms with Gasteiger partial charge in [0.25, 0.3) is 5.91 Å². The fraction of sp³-hybridized carbons (Fsp3) is 0.143. The molecule has 0 aliphatic carbocycles. The van der Waals surface area contributed by atoms with Crippen molar-refractivity contribution in [2.75, 3.05) is 5.32 Å². The molecule has 130 valence electrons. The largest absolute Gasteiger partial charge is 0.508 e. The molecule has 1 amide bonds. The summed E-state index contributed by atoms with van der Waals surface area (Å²) in [6.07, 6.45) is 3.57. The van der Waals surface area contributed by atoms with Crippen LogP contribution in [0.1, 0.15) is 25.5 Å². The monoisotopic (exact) mass is 345 g/mol. The molecule has 1 heterocycles. The van der Waals surface area contributed by atoms with Crippen LogP contribution < -0.4 is 5.32 Å². The Labute approximate surface area is 151 Å². The van der Waals surface area contributed by atoms with Gasteiger partial charge >= 0.3 is 0 Å². The molecule has 0 fully saturated rings. The highest BCUT2D eigenvalue weighted by Crippen LogP contribution is 2.26. The smallest absolute Gasteiger partial charge is 0.266 e. The number of hydrogen-bond acceptors (Lipinski definition) is 3. The van der Waals surface area contributed by atoms with Crippen LogP contribution in [0.5, 0.6) is 5.75 Å². The van der Waals surface area contributed by atoms with E-state index in [1.54, 1.807) is 18.2 Å². The van der Waals surface area contributed by atoms with E-state index in [4.69, 9.17) is 0 Å². The number of hydrogen-bond donors (Lipinski definition) is 2. The lowest BCUT2D eigenvalue weighted by molar-refractivity contribution is -0.112. The first kappa shape index (κ1) is 17.3. The van der Waals surface area contributed by atoms with Crippen LogP contribution in [0.15, 0.2) is 60.3 Å². The number of aromatic hydroxyl groups is 1. The summed E-state index contributed by atoms with van der Waals surface area (Å²) in [7, 11) is 0. The van der Waals surface area contributed by atoms with Gasteiger partial charge in [-0.05, 0) is 50.3 Å². The summed E-state index contributed by atoms with van der Waals surface area (Å²) in [6, 6.07) is 16.2. The van der Waals surface area contributed by atoms with E-state index in [1.807, 2.05) is 36.5 Å². The summed E-state index contributed by atoms with van der Waals surface area (Å²) >= 11 is 0. The number of para-hydroxylation sites is 1. The van der Waals surface area contributed by atoms with Crippen molar-refractivity contribution in [2.45, 2.75) is 19.9 Å². The molecule has 0 atom stereocenters. The van der Waals surface area contributed by atoms with Crippen molar-refractivity contribution < 1.29 is 9.90 Å². The number of carbonyl (C=O) groups excluding carboxylic acids is 1.